The van der Waals surface area contributed by atoms with Crippen LogP contribution in [0.4, 0.5) is 0 Å². The molecule has 0 radical (unpaired) electrons. The summed E-state index contributed by atoms with van der Waals surface area (Å²) in [6, 6.07) is 3.46. The van der Waals surface area contributed by atoms with Crippen LogP contribution in [-0.4, -0.2) is 43.6 Å². The van der Waals surface area contributed by atoms with Crippen molar-refractivity contribution in [2.24, 2.45) is 0 Å². The van der Waals surface area contributed by atoms with Crippen LogP contribution >= 0.6 is 0 Å². The van der Waals surface area contributed by atoms with Crippen LogP contribution in [0.1, 0.15) is 54.8 Å². The third-order valence-electron chi connectivity index (χ3n) is 4.74. The lowest BCUT2D eigenvalue weighted by atomic mass is 10.1. The van der Waals surface area contributed by atoms with Crippen molar-refractivity contribution in [3.8, 4) is 0 Å². The zero-order valence-electron chi connectivity index (χ0n) is 13.5. The van der Waals surface area contributed by atoms with Gasteiger partial charge < -0.3 is 9.32 Å². The summed E-state index contributed by atoms with van der Waals surface area (Å²) in [4.78, 5) is 14.0. The van der Waals surface area contributed by atoms with E-state index in [1.165, 1.54) is 0 Å². The first kappa shape index (κ1) is 16.5. The summed E-state index contributed by atoms with van der Waals surface area (Å²) in [5.41, 5.74) is 0. The highest BCUT2D eigenvalue weighted by Crippen LogP contribution is 2.23. The van der Waals surface area contributed by atoms with E-state index in [4.69, 9.17) is 4.42 Å². The van der Waals surface area contributed by atoms with E-state index in [1.54, 1.807) is 24.0 Å². The van der Waals surface area contributed by atoms with Gasteiger partial charge in [-0.15, -0.1) is 0 Å². The molecular formula is C16H24N2O4S. The van der Waals surface area contributed by atoms with Gasteiger partial charge in [0.2, 0.25) is 10.0 Å². The normalized spacial score (nSPS) is 23.3. The minimum absolute atomic E-state index is 0.0683. The van der Waals surface area contributed by atoms with Crippen LogP contribution in [0.15, 0.2) is 16.5 Å². The lowest BCUT2D eigenvalue weighted by Gasteiger charge is -2.32. The number of nitrogens with zero attached hydrogens (tertiary/aromatic N) is 1. The van der Waals surface area contributed by atoms with Crippen molar-refractivity contribution in [3.05, 3.63) is 23.7 Å². The number of sulfonamides is 1. The third-order valence-corrected chi connectivity index (χ3v) is 6.67. The quantitative estimate of drug-likeness (QED) is 0.910. The Morgan fingerprint density at radius 1 is 1.22 bits per heavy atom. The maximum atomic E-state index is 12.6. The maximum absolute atomic E-state index is 12.6. The number of carbonyl (C=O) groups excluding carboxylic acids is 1. The van der Waals surface area contributed by atoms with Gasteiger partial charge in [-0.3, -0.25) is 4.79 Å². The van der Waals surface area contributed by atoms with E-state index in [1.807, 2.05) is 0 Å². The summed E-state index contributed by atoms with van der Waals surface area (Å²) < 4.78 is 33.4. The van der Waals surface area contributed by atoms with Crippen molar-refractivity contribution in [3.63, 3.8) is 0 Å². The summed E-state index contributed by atoms with van der Waals surface area (Å²) in [6.07, 6.45) is 5.30. The number of nitrogens with one attached hydrogen (secondary N) is 1. The molecular weight excluding hydrogens is 316 g/mol. The van der Waals surface area contributed by atoms with Crippen LogP contribution in [0, 0.1) is 6.92 Å². The summed E-state index contributed by atoms with van der Waals surface area (Å²) in [5, 5.41) is -0.531. The van der Waals surface area contributed by atoms with Gasteiger partial charge in [-0.2, -0.15) is 0 Å². The molecule has 2 heterocycles. The van der Waals surface area contributed by atoms with Crippen LogP contribution in [0.2, 0.25) is 0 Å². The van der Waals surface area contributed by atoms with E-state index < -0.39 is 15.3 Å². The Morgan fingerprint density at radius 3 is 2.61 bits per heavy atom. The molecule has 1 saturated carbocycles. The number of likely N-dealkylation sites (tertiary alicyclic amines) is 1. The molecule has 1 unspecified atom stereocenters. The van der Waals surface area contributed by atoms with Crippen LogP contribution in [0.25, 0.3) is 0 Å². The predicted octanol–water partition coefficient (Wildman–Crippen LogP) is 2.05. The van der Waals surface area contributed by atoms with Crippen LogP contribution in [0.3, 0.4) is 0 Å². The van der Waals surface area contributed by atoms with Gasteiger partial charge in [0.25, 0.3) is 5.91 Å². The molecule has 128 valence electrons. The Morgan fingerprint density at radius 2 is 1.96 bits per heavy atom. The van der Waals surface area contributed by atoms with Gasteiger partial charge in [0.1, 0.15) is 5.76 Å². The minimum Gasteiger partial charge on any atom is -0.456 e. The van der Waals surface area contributed by atoms with E-state index in [9.17, 15) is 13.2 Å². The lowest BCUT2D eigenvalue weighted by Crippen LogP contribution is -2.49. The second-order valence-corrected chi connectivity index (χ2v) is 8.56. The fourth-order valence-corrected chi connectivity index (χ4v) is 5.20. The number of piperidine rings is 1. The second-order valence-electron chi connectivity index (χ2n) is 6.57. The monoisotopic (exact) mass is 340 g/mol. The number of hydrogen-bond donors (Lipinski definition) is 1. The molecule has 0 bridgehead atoms. The molecule has 1 atom stereocenters. The van der Waals surface area contributed by atoms with Gasteiger partial charge in [0, 0.05) is 19.1 Å². The zero-order chi connectivity index (χ0) is 16.4. The molecule has 1 aromatic heterocycles. The largest absolute Gasteiger partial charge is 0.456 e. The average molecular weight is 340 g/mol. The number of amides is 1. The third kappa shape index (κ3) is 3.77. The van der Waals surface area contributed by atoms with Crippen molar-refractivity contribution in [2.75, 3.05) is 13.1 Å². The SMILES string of the molecule is Cc1ccc(C(=O)N2CCCC(S(=O)(=O)NC3CCCC3)C2)o1. The number of aryl methyl sites for hydroxylation is 1. The molecule has 7 heteroatoms. The van der Waals surface area contributed by atoms with Crippen molar-refractivity contribution >= 4 is 15.9 Å². The average Bonchev–Trinajstić information content (AvgIpc) is 3.18. The van der Waals surface area contributed by atoms with E-state index >= 15 is 0 Å². The second kappa shape index (κ2) is 6.65. The fraction of sp³-hybridized carbons (Fsp3) is 0.688. The van der Waals surface area contributed by atoms with Gasteiger partial charge in [-0.1, -0.05) is 12.8 Å². The predicted molar refractivity (Wildman–Crippen MR) is 86.7 cm³/mol. The standard InChI is InChI=1S/C16H24N2O4S/c1-12-8-9-15(22-12)16(19)18-10-4-7-14(11-18)23(20,21)17-13-5-2-3-6-13/h8-9,13-14,17H,2-7,10-11H2,1H3. The fourth-order valence-electron chi connectivity index (χ4n) is 3.45. The number of carbonyl (C=O) groups is 1. The van der Waals surface area contributed by atoms with Crippen LogP contribution < -0.4 is 4.72 Å². The molecule has 1 amide bonds. The smallest absolute Gasteiger partial charge is 0.289 e. The Labute approximate surface area is 137 Å². The summed E-state index contributed by atoms with van der Waals surface area (Å²) in [6.45, 7) is 2.60. The van der Waals surface area contributed by atoms with E-state index in [2.05, 4.69) is 4.72 Å². The Hall–Kier alpha value is -1.34. The van der Waals surface area contributed by atoms with E-state index in [-0.39, 0.29) is 24.3 Å². The molecule has 2 fully saturated rings. The van der Waals surface area contributed by atoms with Crippen LogP contribution in [0.5, 0.6) is 0 Å². The molecule has 1 aromatic rings. The lowest BCUT2D eigenvalue weighted by molar-refractivity contribution is 0.0693. The molecule has 1 saturated heterocycles. The molecule has 23 heavy (non-hydrogen) atoms. The molecule has 6 nitrogen and oxygen atoms in total. The number of rotatable bonds is 4. The highest BCUT2D eigenvalue weighted by atomic mass is 32.2. The number of hydrogen-bond acceptors (Lipinski definition) is 4. The van der Waals surface area contributed by atoms with Gasteiger partial charge in [-0.05, 0) is 44.7 Å². The highest BCUT2D eigenvalue weighted by Gasteiger charge is 2.35. The van der Waals surface area contributed by atoms with Crippen LogP contribution in [-0.2, 0) is 10.0 Å². The van der Waals surface area contributed by atoms with Gasteiger partial charge in [0.05, 0.1) is 5.25 Å². The topological polar surface area (TPSA) is 79.6 Å². The van der Waals surface area contributed by atoms with Crippen molar-refractivity contribution in [1.29, 1.82) is 0 Å². The maximum Gasteiger partial charge on any atom is 0.289 e. The first-order valence-corrected chi connectivity index (χ1v) is 9.87. The molecule has 2 aliphatic rings. The van der Waals surface area contributed by atoms with Gasteiger partial charge >= 0.3 is 0 Å². The van der Waals surface area contributed by atoms with Gasteiger partial charge in [0.15, 0.2) is 5.76 Å². The molecule has 1 N–H and O–H groups in total. The van der Waals surface area contributed by atoms with E-state index in [0.29, 0.717) is 25.1 Å². The summed E-state index contributed by atoms with van der Waals surface area (Å²) in [5.74, 6) is 0.737. The molecule has 0 spiro atoms. The van der Waals surface area contributed by atoms with Crippen molar-refractivity contribution < 1.29 is 17.6 Å². The summed E-state index contributed by atoms with van der Waals surface area (Å²) >= 11 is 0. The zero-order valence-corrected chi connectivity index (χ0v) is 14.3. The molecule has 1 aliphatic carbocycles. The Kier molecular flexibility index (Phi) is 4.77. The number of furan rings is 1. The first-order valence-electron chi connectivity index (χ1n) is 8.32. The minimum atomic E-state index is -3.38. The highest BCUT2D eigenvalue weighted by molar-refractivity contribution is 7.90. The van der Waals surface area contributed by atoms with E-state index in [0.717, 1.165) is 25.7 Å². The van der Waals surface area contributed by atoms with Gasteiger partial charge in [-0.25, -0.2) is 13.1 Å². The summed E-state index contributed by atoms with van der Waals surface area (Å²) in [7, 11) is -3.38. The van der Waals surface area contributed by atoms with Crippen molar-refractivity contribution in [1.82, 2.24) is 9.62 Å². The Balaban J connectivity index is 1.66. The first-order chi connectivity index (χ1) is 11.0. The molecule has 3 rings (SSSR count). The Bertz CT molecular complexity index is 661. The van der Waals surface area contributed by atoms with Crippen molar-refractivity contribution in [2.45, 2.75) is 56.7 Å². The molecule has 1 aliphatic heterocycles. The molecule has 0 aromatic carbocycles.